The minimum absolute atomic E-state index is 0.0720. The topological polar surface area (TPSA) is 62.1 Å². The number of hydrogen-bond donors (Lipinski definition) is 1. The molecular formula is C13H16N2O2. The van der Waals surface area contributed by atoms with Gasteiger partial charge in [0.2, 0.25) is 5.91 Å². The molecule has 4 nitrogen and oxygen atoms in total. The van der Waals surface area contributed by atoms with E-state index in [4.69, 9.17) is 10.00 Å². The lowest BCUT2D eigenvalue weighted by atomic mass is 10.1. The lowest BCUT2D eigenvalue weighted by Crippen LogP contribution is -2.29. The Morgan fingerprint density at radius 3 is 2.65 bits per heavy atom. The van der Waals surface area contributed by atoms with Crippen LogP contribution in [-0.4, -0.2) is 19.6 Å². The van der Waals surface area contributed by atoms with Crippen LogP contribution in [0.4, 0.5) is 0 Å². The van der Waals surface area contributed by atoms with E-state index in [0.29, 0.717) is 13.0 Å². The van der Waals surface area contributed by atoms with Crippen molar-refractivity contribution in [1.82, 2.24) is 5.32 Å². The van der Waals surface area contributed by atoms with Crippen molar-refractivity contribution in [2.24, 2.45) is 5.92 Å². The van der Waals surface area contributed by atoms with Crippen molar-refractivity contribution in [1.29, 1.82) is 5.26 Å². The summed E-state index contributed by atoms with van der Waals surface area (Å²) in [5.74, 6) is 0.541. The maximum atomic E-state index is 11.5. The van der Waals surface area contributed by atoms with E-state index in [2.05, 4.69) is 11.4 Å². The van der Waals surface area contributed by atoms with E-state index in [-0.39, 0.29) is 11.8 Å². The molecule has 1 unspecified atom stereocenters. The van der Waals surface area contributed by atoms with Crippen LogP contribution in [0.15, 0.2) is 24.3 Å². The third-order valence-corrected chi connectivity index (χ3v) is 2.35. The first kappa shape index (κ1) is 13.0. The van der Waals surface area contributed by atoms with Crippen molar-refractivity contribution in [3.63, 3.8) is 0 Å². The molecule has 0 aromatic heterocycles. The largest absolute Gasteiger partial charge is 0.497 e. The number of rotatable bonds is 5. The van der Waals surface area contributed by atoms with E-state index in [9.17, 15) is 4.79 Å². The molecule has 0 aliphatic heterocycles. The number of carbonyl (C=O) groups excluding carboxylic acids is 1. The molecule has 0 heterocycles. The highest BCUT2D eigenvalue weighted by atomic mass is 16.5. The molecule has 1 rings (SSSR count). The predicted molar refractivity (Wildman–Crippen MR) is 64.5 cm³/mol. The van der Waals surface area contributed by atoms with Crippen LogP contribution in [0.1, 0.15) is 12.5 Å². The van der Waals surface area contributed by atoms with Gasteiger partial charge in [0, 0.05) is 6.54 Å². The second-order valence-electron chi connectivity index (χ2n) is 3.86. The van der Waals surface area contributed by atoms with Crippen LogP contribution in [-0.2, 0) is 11.2 Å². The van der Waals surface area contributed by atoms with Crippen LogP contribution in [0.5, 0.6) is 5.75 Å². The minimum atomic E-state index is -0.158. The Morgan fingerprint density at radius 1 is 1.47 bits per heavy atom. The summed E-state index contributed by atoms with van der Waals surface area (Å²) in [6, 6.07) is 9.41. The molecule has 1 atom stereocenters. The fourth-order valence-corrected chi connectivity index (χ4v) is 1.30. The van der Waals surface area contributed by atoms with E-state index in [0.717, 1.165) is 11.3 Å². The van der Waals surface area contributed by atoms with Gasteiger partial charge in [0.1, 0.15) is 5.75 Å². The van der Waals surface area contributed by atoms with Crippen LogP contribution < -0.4 is 10.1 Å². The van der Waals surface area contributed by atoms with E-state index >= 15 is 0 Å². The molecule has 90 valence electrons. The van der Waals surface area contributed by atoms with E-state index < -0.39 is 0 Å². The van der Waals surface area contributed by atoms with Gasteiger partial charge in [-0.15, -0.1) is 0 Å². The number of hydrogen-bond acceptors (Lipinski definition) is 3. The molecule has 0 fully saturated rings. The van der Waals surface area contributed by atoms with Gasteiger partial charge < -0.3 is 10.1 Å². The summed E-state index contributed by atoms with van der Waals surface area (Å²) < 4.78 is 5.03. The Labute approximate surface area is 101 Å². The summed E-state index contributed by atoms with van der Waals surface area (Å²) in [5.41, 5.74) is 0.924. The third kappa shape index (κ3) is 4.56. The zero-order valence-corrected chi connectivity index (χ0v) is 10.1. The maximum Gasteiger partial charge on any atom is 0.224 e. The highest BCUT2D eigenvalue weighted by Crippen LogP contribution is 2.11. The average Bonchev–Trinajstić information content (AvgIpc) is 2.36. The monoisotopic (exact) mass is 232 g/mol. The Morgan fingerprint density at radius 2 is 2.12 bits per heavy atom. The molecule has 1 amide bonds. The van der Waals surface area contributed by atoms with Crippen LogP contribution in [0, 0.1) is 17.2 Å². The molecule has 0 spiro atoms. The van der Waals surface area contributed by atoms with Crippen molar-refractivity contribution < 1.29 is 9.53 Å². The van der Waals surface area contributed by atoms with Crippen molar-refractivity contribution in [3.05, 3.63) is 29.8 Å². The van der Waals surface area contributed by atoms with Gasteiger partial charge in [-0.1, -0.05) is 12.1 Å². The number of benzene rings is 1. The van der Waals surface area contributed by atoms with Crippen molar-refractivity contribution in [3.8, 4) is 11.8 Å². The van der Waals surface area contributed by atoms with Crippen LogP contribution in [0.25, 0.3) is 0 Å². The quantitative estimate of drug-likeness (QED) is 0.837. The van der Waals surface area contributed by atoms with E-state index in [1.807, 2.05) is 24.3 Å². The fourth-order valence-electron chi connectivity index (χ4n) is 1.30. The first-order valence-corrected chi connectivity index (χ1v) is 5.45. The second kappa shape index (κ2) is 6.54. The van der Waals surface area contributed by atoms with Gasteiger partial charge in [0.15, 0.2) is 0 Å². The molecule has 1 N–H and O–H groups in total. The fraction of sp³-hybridized carbons (Fsp3) is 0.385. The summed E-state index contributed by atoms with van der Waals surface area (Å²) in [4.78, 5) is 11.5. The number of nitriles is 1. The molecular weight excluding hydrogens is 216 g/mol. The summed E-state index contributed by atoms with van der Waals surface area (Å²) in [5, 5.41) is 11.3. The van der Waals surface area contributed by atoms with Gasteiger partial charge >= 0.3 is 0 Å². The minimum Gasteiger partial charge on any atom is -0.497 e. The summed E-state index contributed by atoms with van der Waals surface area (Å²) in [6.07, 6.45) is 0.322. The summed E-state index contributed by atoms with van der Waals surface area (Å²) in [7, 11) is 1.60. The molecule has 0 saturated carbocycles. The number of nitrogens with zero attached hydrogens (tertiary/aromatic N) is 1. The Bertz CT molecular complexity index is 406. The summed E-state index contributed by atoms with van der Waals surface area (Å²) in [6.45, 7) is 2.17. The molecule has 17 heavy (non-hydrogen) atoms. The Kier molecular flexibility index (Phi) is 5.02. The number of amides is 1. The average molecular weight is 232 g/mol. The lowest BCUT2D eigenvalue weighted by Gasteiger charge is -2.06. The number of nitrogens with one attached hydrogen (secondary N) is 1. The number of carbonyl (C=O) groups is 1. The molecule has 0 aliphatic carbocycles. The molecule has 1 aromatic rings. The SMILES string of the molecule is COc1ccc(CC(=O)NCC(C)C#N)cc1. The zero-order chi connectivity index (χ0) is 12.7. The van der Waals surface area contributed by atoms with E-state index in [1.54, 1.807) is 14.0 Å². The highest BCUT2D eigenvalue weighted by molar-refractivity contribution is 5.78. The number of ether oxygens (including phenoxy) is 1. The summed E-state index contributed by atoms with van der Waals surface area (Å²) >= 11 is 0. The Balaban J connectivity index is 2.42. The molecule has 0 aliphatic rings. The van der Waals surface area contributed by atoms with Gasteiger partial charge in [-0.2, -0.15) is 5.26 Å². The standard InChI is InChI=1S/C13H16N2O2/c1-10(8-14)9-15-13(16)7-11-3-5-12(17-2)6-4-11/h3-6,10H,7,9H2,1-2H3,(H,15,16). The Hall–Kier alpha value is -2.02. The molecule has 0 radical (unpaired) electrons. The normalized spacial score (nSPS) is 11.4. The molecule has 0 saturated heterocycles. The van der Waals surface area contributed by atoms with Gasteiger partial charge in [-0.05, 0) is 24.6 Å². The third-order valence-electron chi connectivity index (χ3n) is 2.35. The maximum absolute atomic E-state index is 11.5. The first-order valence-electron chi connectivity index (χ1n) is 5.45. The van der Waals surface area contributed by atoms with Crippen molar-refractivity contribution in [2.45, 2.75) is 13.3 Å². The second-order valence-corrected chi connectivity index (χ2v) is 3.86. The molecule has 0 bridgehead atoms. The first-order chi connectivity index (χ1) is 8.15. The van der Waals surface area contributed by atoms with Crippen molar-refractivity contribution in [2.75, 3.05) is 13.7 Å². The van der Waals surface area contributed by atoms with Crippen molar-refractivity contribution >= 4 is 5.91 Å². The molecule has 1 aromatic carbocycles. The van der Waals surface area contributed by atoms with Crippen LogP contribution in [0.3, 0.4) is 0 Å². The lowest BCUT2D eigenvalue weighted by molar-refractivity contribution is -0.120. The highest BCUT2D eigenvalue weighted by Gasteiger charge is 2.05. The zero-order valence-electron chi connectivity index (χ0n) is 10.1. The van der Waals surface area contributed by atoms with Gasteiger partial charge in [0.25, 0.3) is 0 Å². The van der Waals surface area contributed by atoms with E-state index in [1.165, 1.54) is 0 Å². The smallest absolute Gasteiger partial charge is 0.224 e. The van der Waals surface area contributed by atoms with Gasteiger partial charge in [0.05, 0.1) is 25.5 Å². The predicted octanol–water partition coefficient (Wildman–Crippen LogP) is 1.51. The number of methoxy groups -OCH3 is 1. The van der Waals surface area contributed by atoms with Gasteiger partial charge in [-0.25, -0.2) is 0 Å². The molecule has 4 heteroatoms. The van der Waals surface area contributed by atoms with Crippen LogP contribution in [0.2, 0.25) is 0 Å². The van der Waals surface area contributed by atoms with Gasteiger partial charge in [-0.3, -0.25) is 4.79 Å². The van der Waals surface area contributed by atoms with Crippen LogP contribution >= 0.6 is 0 Å².